The number of benzene rings is 1. The lowest BCUT2D eigenvalue weighted by atomic mass is 10.1. The molecule has 2 aliphatic rings. The van der Waals surface area contributed by atoms with Gasteiger partial charge in [0.05, 0.1) is 4.90 Å². The molecule has 3 rings (SSSR count). The maximum absolute atomic E-state index is 12.5. The quantitative estimate of drug-likeness (QED) is 0.901. The number of amides is 1. The van der Waals surface area contributed by atoms with Gasteiger partial charge in [-0.25, -0.2) is 8.42 Å². The first-order valence-corrected chi connectivity index (χ1v) is 9.33. The van der Waals surface area contributed by atoms with Crippen LogP contribution in [0.1, 0.15) is 43.0 Å². The first-order valence-electron chi connectivity index (χ1n) is 7.89. The van der Waals surface area contributed by atoms with Gasteiger partial charge in [-0.3, -0.25) is 4.79 Å². The van der Waals surface area contributed by atoms with E-state index in [9.17, 15) is 13.2 Å². The van der Waals surface area contributed by atoms with Gasteiger partial charge in [-0.15, -0.1) is 0 Å². The van der Waals surface area contributed by atoms with Crippen LogP contribution in [0.2, 0.25) is 0 Å². The molecule has 1 N–H and O–H groups in total. The predicted octanol–water partition coefficient (Wildman–Crippen LogP) is 2.00. The topological polar surface area (TPSA) is 66.5 Å². The van der Waals surface area contributed by atoms with Crippen LogP contribution in [0.4, 0.5) is 0 Å². The van der Waals surface area contributed by atoms with Crippen molar-refractivity contribution in [2.45, 2.75) is 43.5 Å². The minimum atomic E-state index is -3.47. The third kappa shape index (κ3) is 3.17. The van der Waals surface area contributed by atoms with Crippen LogP contribution in [0.3, 0.4) is 0 Å². The average molecular weight is 322 g/mol. The van der Waals surface area contributed by atoms with Crippen molar-refractivity contribution in [1.82, 2.24) is 9.62 Å². The van der Waals surface area contributed by atoms with Crippen molar-refractivity contribution in [3.8, 4) is 0 Å². The third-order valence-electron chi connectivity index (χ3n) is 4.49. The molecule has 1 amide bonds. The fourth-order valence-electron chi connectivity index (χ4n) is 2.88. The summed E-state index contributed by atoms with van der Waals surface area (Å²) in [5, 5.41) is 2.96. The number of carbonyl (C=O) groups is 1. The highest BCUT2D eigenvalue weighted by atomic mass is 32.2. The molecular formula is C16H22N2O3S. The summed E-state index contributed by atoms with van der Waals surface area (Å²) < 4.78 is 26.6. The van der Waals surface area contributed by atoms with Crippen LogP contribution in [0, 0.1) is 5.92 Å². The molecule has 0 bridgehead atoms. The predicted molar refractivity (Wildman–Crippen MR) is 84.1 cm³/mol. The summed E-state index contributed by atoms with van der Waals surface area (Å²) >= 11 is 0. The van der Waals surface area contributed by atoms with Crippen LogP contribution in [-0.4, -0.2) is 37.8 Å². The van der Waals surface area contributed by atoms with E-state index in [1.54, 1.807) is 18.2 Å². The molecule has 1 atom stereocenters. The Morgan fingerprint density at radius 2 is 1.95 bits per heavy atom. The van der Waals surface area contributed by atoms with Crippen LogP contribution in [0.15, 0.2) is 29.2 Å². The summed E-state index contributed by atoms with van der Waals surface area (Å²) in [5.41, 5.74) is 0.410. The van der Waals surface area contributed by atoms with Gasteiger partial charge in [0.25, 0.3) is 5.91 Å². The first kappa shape index (κ1) is 15.5. The average Bonchev–Trinajstić information content (AvgIpc) is 3.21. The normalized spacial score (nSPS) is 20.8. The van der Waals surface area contributed by atoms with Crippen LogP contribution < -0.4 is 5.32 Å². The van der Waals surface area contributed by atoms with Gasteiger partial charge >= 0.3 is 0 Å². The molecular weight excluding hydrogens is 300 g/mol. The van der Waals surface area contributed by atoms with Crippen molar-refractivity contribution >= 4 is 15.9 Å². The summed E-state index contributed by atoms with van der Waals surface area (Å²) in [6, 6.07) is 6.50. The lowest BCUT2D eigenvalue weighted by Crippen LogP contribution is -2.34. The molecule has 120 valence electrons. The van der Waals surface area contributed by atoms with E-state index in [0.717, 1.165) is 25.7 Å². The zero-order valence-electron chi connectivity index (χ0n) is 12.8. The molecule has 22 heavy (non-hydrogen) atoms. The van der Waals surface area contributed by atoms with E-state index in [1.165, 1.54) is 10.4 Å². The summed E-state index contributed by atoms with van der Waals surface area (Å²) in [7, 11) is -3.47. The number of hydrogen-bond donors (Lipinski definition) is 1. The number of sulfonamides is 1. The van der Waals surface area contributed by atoms with E-state index in [-0.39, 0.29) is 16.8 Å². The van der Waals surface area contributed by atoms with Gasteiger partial charge in [-0.1, -0.05) is 6.07 Å². The minimum Gasteiger partial charge on any atom is -0.349 e. The Balaban J connectivity index is 1.78. The standard InChI is InChI=1S/C16H22N2O3S/c1-12(13-7-8-13)17-16(19)14-5-4-6-15(11-14)22(20,21)18-9-2-3-10-18/h4-6,11-13H,2-3,7-10H2,1H3,(H,17,19). The van der Waals surface area contributed by atoms with Crippen molar-refractivity contribution in [2.75, 3.05) is 13.1 Å². The highest BCUT2D eigenvalue weighted by Gasteiger charge is 2.30. The van der Waals surface area contributed by atoms with Crippen molar-refractivity contribution in [3.63, 3.8) is 0 Å². The third-order valence-corrected chi connectivity index (χ3v) is 6.38. The van der Waals surface area contributed by atoms with Gasteiger partial charge in [-0.2, -0.15) is 4.31 Å². The number of hydrogen-bond acceptors (Lipinski definition) is 3. The zero-order chi connectivity index (χ0) is 15.7. The Morgan fingerprint density at radius 3 is 2.59 bits per heavy atom. The smallest absolute Gasteiger partial charge is 0.251 e. The number of carbonyl (C=O) groups excluding carboxylic acids is 1. The van der Waals surface area contributed by atoms with Crippen molar-refractivity contribution in [2.24, 2.45) is 5.92 Å². The molecule has 1 aliphatic heterocycles. The summed E-state index contributed by atoms with van der Waals surface area (Å²) in [6.07, 6.45) is 4.12. The zero-order valence-corrected chi connectivity index (χ0v) is 13.6. The van der Waals surface area contributed by atoms with E-state index < -0.39 is 10.0 Å². The Kier molecular flexibility index (Phi) is 4.23. The van der Waals surface area contributed by atoms with Crippen molar-refractivity contribution in [3.05, 3.63) is 29.8 Å². The number of nitrogens with one attached hydrogen (secondary N) is 1. The molecule has 1 aromatic rings. The molecule has 5 nitrogen and oxygen atoms in total. The van der Waals surface area contributed by atoms with Crippen molar-refractivity contribution < 1.29 is 13.2 Å². The van der Waals surface area contributed by atoms with Gasteiger partial charge in [0.1, 0.15) is 0 Å². The Morgan fingerprint density at radius 1 is 1.27 bits per heavy atom. The van der Waals surface area contributed by atoms with Gasteiger partial charge in [0, 0.05) is 24.7 Å². The summed E-state index contributed by atoms with van der Waals surface area (Å²) in [6.45, 7) is 3.13. The molecule has 1 saturated heterocycles. The van der Waals surface area contributed by atoms with Crippen LogP contribution >= 0.6 is 0 Å². The second kappa shape index (κ2) is 6.01. The second-order valence-electron chi connectivity index (χ2n) is 6.24. The molecule has 1 heterocycles. The molecule has 6 heteroatoms. The number of nitrogens with zero attached hydrogens (tertiary/aromatic N) is 1. The van der Waals surface area contributed by atoms with E-state index in [4.69, 9.17) is 0 Å². The summed E-state index contributed by atoms with van der Waals surface area (Å²) in [5.74, 6) is 0.373. The largest absolute Gasteiger partial charge is 0.349 e. The Hall–Kier alpha value is -1.40. The molecule has 0 spiro atoms. The molecule has 1 saturated carbocycles. The van der Waals surface area contributed by atoms with E-state index in [0.29, 0.717) is 24.6 Å². The maximum Gasteiger partial charge on any atom is 0.251 e. The fraction of sp³-hybridized carbons (Fsp3) is 0.562. The lowest BCUT2D eigenvalue weighted by Gasteiger charge is -2.17. The molecule has 1 aromatic carbocycles. The maximum atomic E-state index is 12.5. The van der Waals surface area contributed by atoms with Crippen molar-refractivity contribution in [1.29, 1.82) is 0 Å². The molecule has 1 unspecified atom stereocenters. The molecule has 1 aliphatic carbocycles. The minimum absolute atomic E-state index is 0.145. The van der Waals surface area contributed by atoms with Gasteiger partial charge < -0.3 is 5.32 Å². The van der Waals surface area contributed by atoms with Crippen LogP contribution in [0.5, 0.6) is 0 Å². The monoisotopic (exact) mass is 322 g/mol. The Bertz CT molecular complexity index is 662. The van der Waals surface area contributed by atoms with Gasteiger partial charge in [0.15, 0.2) is 0 Å². The molecule has 0 aromatic heterocycles. The SMILES string of the molecule is CC(NC(=O)c1cccc(S(=O)(=O)N2CCCC2)c1)C1CC1. The van der Waals surface area contributed by atoms with E-state index >= 15 is 0 Å². The summed E-state index contributed by atoms with van der Waals surface area (Å²) in [4.78, 5) is 12.5. The first-order chi connectivity index (χ1) is 10.5. The fourth-order valence-corrected chi connectivity index (χ4v) is 4.44. The lowest BCUT2D eigenvalue weighted by molar-refractivity contribution is 0.0935. The van der Waals surface area contributed by atoms with E-state index in [2.05, 4.69) is 5.32 Å². The van der Waals surface area contributed by atoms with Crippen LogP contribution in [-0.2, 0) is 10.0 Å². The highest BCUT2D eigenvalue weighted by molar-refractivity contribution is 7.89. The number of rotatable bonds is 5. The second-order valence-corrected chi connectivity index (χ2v) is 8.18. The van der Waals surface area contributed by atoms with E-state index in [1.807, 2.05) is 6.92 Å². The molecule has 2 fully saturated rings. The highest BCUT2D eigenvalue weighted by Crippen LogP contribution is 2.32. The Labute approximate surface area is 131 Å². The van der Waals surface area contributed by atoms with Gasteiger partial charge in [0.2, 0.25) is 10.0 Å². The van der Waals surface area contributed by atoms with Crippen LogP contribution in [0.25, 0.3) is 0 Å². The molecule has 0 radical (unpaired) electrons. The van der Waals surface area contributed by atoms with Gasteiger partial charge in [-0.05, 0) is 56.7 Å².